The van der Waals surface area contributed by atoms with Gasteiger partial charge in [-0.2, -0.15) is 0 Å². The third-order valence-electron chi connectivity index (χ3n) is 4.01. The number of rotatable bonds is 5. The average molecular weight is 363 g/mol. The van der Waals surface area contributed by atoms with Crippen LogP contribution in [0.1, 0.15) is 38.8 Å². The Morgan fingerprint density at radius 1 is 1.24 bits per heavy atom. The van der Waals surface area contributed by atoms with E-state index in [1.165, 1.54) is 32.4 Å². The summed E-state index contributed by atoms with van der Waals surface area (Å²) in [5.41, 5.74) is 0.866. The van der Waals surface area contributed by atoms with E-state index in [2.05, 4.69) is 0 Å². The van der Waals surface area contributed by atoms with Gasteiger partial charge in [0.25, 0.3) is 0 Å². The molecule has 1 heterocycles. The Balaban J connectivity index is 1.93. The van der Waals surface area contributed by atoms with Crippen molar-refractivity contribution in [3.63, 3.8) is 0 Å². The zero-order chi connectivity index (χ0) is 18.1. The molecule has 0 unspecified atom stereocenters. The van der Waals surface area contributed by atoms with E-state index in [9.17, 15) is 14.7 Å². The number of phenolic OH excluding ortho intramolecular Hbond substituents is 1. The van der Waals surface area contributed by atoms with Crippen molar-refractivity contribution in [1.29, 1.82) is 0 Å². The number of benzene rings is 2. The molecule has 130 valence electrons. The lowest BCUT2D eigenvalue weighted by Gasteiger charge is -2.12. The van der Waals surface area contributed by atoms with Crippen LogP contribution in [0.25, 0.3) is 0 Å². The molecule has 1 aliphatic rings. The lowest BCUT2D eigenvalue weighted by atomic mass is 9.97. The minimum Gasteiger partial charge on any atom is -0.507 e. The maximum Gasteiger partial charge on any atom is 0.343 e. The van der Waals surface area contributed by atoms with Gasteiger partial charge in [0.15, 0.2) is 17.3 Å². The summed E-state index contributed by atoms with van der Waals surface area (Å²) in [4.78, 5) is 24.7. The lowest BCUT2D eigenvalue weighted by Crippen LogP contribution is -2.08. The number of phenols is 1. The third kappa shape index (κ3) is 3.00. The van der Waals surface area contributed by atoms with Crippen molar-refractivity contribution in [1.82, 2.24) is 0 Å². The first-order valence-electron chi connectivity index (χ1n) is 7.43. The second-order valence-electron chi connectivity index (χ2n) is 5.45. The number of cyclic esters (lactones) is 1. The molecule has 1 aliphatic heterocycles. The number of ether oxygens (including phenoxy) is 3. The van der Waals surface area contributed by atoms with Crippen LogP contribution in [0.15, 0.2) is 30.3 Å². The molecular weight excluding hydrogens is 348 g/mol. The highest BCUT2D eigenvalue weighted by Crippen LogP contribution is 2.43. The fourth-order valence-corrected chi connectivity index (χ4v) is 3.01. The normalized spacial score (nSPS) is 15.5. The standard InChI is InChI=1S/C18H15ClO6/c1-23-14-6-4-10-15(25-18(22)16(10)17(14)24-2)8-13(21)11-7-9(19)3-5-12(11)20/h3-7,15,20H,8H2,1-2H3/t15-/m1/s1. The molecule has 0 saturated heterocycles. The van der Waals surface area contributed by atoms with Crippen LogP contribution in [0.5, 0.6) is 17.2 Å². The molecular formula is C18H15ClO6. The monoisotopic (exact) mass is 362 g/mol. The van der Waals surface area contributed by atoms with Crippen molar-refractivity contribution in [3.8, 4) is 17.2 Å². The number of Topliss-reactive ketones (excluding diaryl/α,β-unsaturated/α-hetero) is 1. The molecule has 0 spiro atoms. The van der Waals surface area contributed by atoms with Gasteiger partial charge in [-0.3, -0.25) is 4.79 Å². The predicted molar refractivity (Wildman–Crippen MR) is 89.8 cm³/mol. The minimum absolute atomic E-state index is 0.0810. The molecule has 0 saturated carbocycles. The molecule has 25 heavy (non-hydrogen) atoms. The number of aromatic hydroxyl groups is 1. The van der Waals surface area contributed by atoms with Crippen LogP contribution in [0.4, 0.5) is 0 Å². The Morgan fingerprint density at radius 2 is 2.00 bits per heavy atom. The fourth-order valence-electron chi connectivity index (χ4n) is 2.83. The first-order valence-corrected chi connectivity index (χ1v) is 7.81. The van der Waals surface area contributed by atoms with Crippen molar-refractivity contribution in [2.24, 2.45) is 0 Å². The maximum atomic E-state index is 12.5. The average Bonchev–Trinajstić information content (AvgIpc) is 2.91. The molecule has 0 radical (unpaired) electrons. The van der Waals surface area contributed by atoms with Crippen molar-refractivity contribution in [3.05, 3.63) is 52.0 Å². The molecule has 6 nitrogen and oxygen atoms in total. The predicted octanol–water partition coefficient (Wildman–Crippen LogP) is 3.55. The molecule has 1 N–H and O–H groups in total. The van der Waals surface area contributed by atoms with Crippen LogP contribution < -0.4 is 9.47 Å². The Labute approximate surface area is 148 Å². The van der Waals surface area contributed by atoms with Crippen LogP contribution in [-0.4, -0.2) is 31.1 Å². The van der Waals surface area contributed by atoms with Gasteiger partial charge in [0.05, 0.1) is 26.2 Å². The number of carbonyl (C=O) groups is 2. The molecule has 0 aromatic heterocycles. The van der Waals surface area contributed by atoms with Crippen LogP contribution in [-0.2, 0) is 4.74 Å². The summed E-state index contributed by atoms with van der Waals surface area (Å²) in [6, 6.07) is 7.52. The largest absolute Gasteiger partial charge is 0.507 e. The van der Waals surface area contributed by atoms with Crippen LogP contribution >= 0.6 is 11.6 Å². The number of hydrogen-bond donors (Lipinski definition) is 1. The quantitative estimate of drug-likeness (QED) is 0.647. The molecule has 0 bridgehead atoms. The van der Waals surface area contributed by atoms with Gasteiger partial charge >= 0.3 is 5.97 Å². The van der Waals surface area contributed by atoms with Gasteiger partial charge in [0, 0.05) is 10.6 Å². The van der Waals surface area contributed by atoms with Crippen molar-refractivity contribution >= 4 is 23.4 Å². The van der Waals surface area contributed by atoms with Crippen molar-refractivity contribution in [2.45, 2.75) is 12.5 Å². The van der Waals surface area contributed by atoms with Gasteiger partial charge < -0.3 is 19.3 Å². The lowest BCUT2D eigenvalue weighted by molar-refractivity contribution is 0.0365. The summed E-state index contributed by atoms with van der Waals surface area (Å²) in [6.07, 6.45) is -0.893. The summed E-state index contributed by atoms with van der Waals surface area (Å²) in [6.45, 7) is 0. The zero-order valence-corrected chi connectivity index (χ0v) is 14.3. The van der Waals surface area contributed by atoms with E-state index in [1.807, 2.05) is 0 Å². The topological polar surface area (TPSA) is 82.1 Å². The molecule has 0 fully saturated rings. The number of fused-ring (bicyclic) bond motifs is 1. The highest BCUT2D eigenvalue weighted by atomic mass is 35.5. The van der Waals surface area contributed by atoms with E-state index in [1.54, 1.807) is 12.1 Å². The SMILES string of the molecule is COc1ccc2c(c1OC)C(=O)O[C@@H]2CC(=O)c1cc(Cl)ccc1O. The molecule has 1 atom stereocenters. The van der Waals surface area contributed by atoms with Gasteiger partial charge in [-0.1, -0.05) is 17.7 Å². The van der Waals surface area contributed by atoms with E-state index in [0.717, 1.165) is 0 Å². The fraction of sp³-hybridized carbons (Fsp3) is 0.222. The summed E-state index contributed by atoms with van der Waals surface area (Å²) in [5, 5.41) is 10.2. The van der Waals surface area contributed by atoms with Crippen LogP contribution in [0, 0.1) is 0 Å². The van der Waals surface area contributed by atoms with E-state index < -0.39 is 12.1 Å². The molecule has 0 aliphatic carbocycles. The van der Waals surface area contributed by atoms with Gasteiger partial charge in [-0.15, -0.1) is 0 Å². The Hall–Kier alpha value is -2.73. The molecule has 7 heteroatoms. The first kappa shape index (κ1) is 17.1. The summed E-state index contributed by atoms with van der Waals surface area (Å²) >= 11 is 5.88. The number of halogens is 1. The Morgan fingerprint density at radius 3 is 2.68 bits per heavy atom. The number of methoxy groups -OCH3 is 2. The van der Waals surface area contributed by atoms with Crippen molar-refractivity contribution < 1.29 is 28.9 Å². The van der Waals surface area contributed by atoms with Gasteiger partial charge in [0.2, 0.25) is 0 Å². The van der Waals surface area contributed by atoms with Gasteiger partial charge in [-0.05, 0) is 24.3 Å². The third-order valence-corrected chi connectivity index (χ3v) is 4.24. The van der Waals surface area contributed by atoms with Gasteiger partial charge in [-0.25, -0.2) is 4.79 Å². The maximum absolute atomic E-state index is 12.5. The molecule has 3 rings (SSSR count). The molecule has 2 aromatic rings. The highest BCUT2D eigenvalue weighted by Gasteiger charge is 2.37. The molecule has 2 aromatic carbocycles. The van der Waals surface area contributed by atoms with E-state index in [4.69, 9.17) is 25.8 Å². The second kappa shape index (κ2) is 6.64. The second-order valence-corrected chi connectivity index (χ2v) is 5.88. The molecule has 0 amide bonds. The summed E-state index contributed by atoms with van der Waals surface area (Å²) in [5.74, 6) is -0.478. The smallest absolute Gasteiger partial charge is 0.343 e. The van der Waals surface area contributed by atoms with E-state index in [0.29, 0.717) is 16.3 Å². The van der Waals surface area contributed by atoms with Crippen molar-refractivity contribution in [2.75, 3.05) is 14.2 Å². The number of esters is 1. The van der Waals surface area contributed by atoms with Crippen LogP contribution in [0.3, 0.4) is 0 Å². The Kier molecular flexibility index (Phi) is 4.55. The van der Waals surface area contributed by atoms with Gasteiger partial charge in [0.1, 0.15) is 17.4 Å². The van der Waals surface area contributed by atoms with E-state index in [-0.39, 0.29) is 34.8 Å². The number of hydrogen-bond acceptors (Lipinski definition) is 6. The summed E-state index contributed by atoms with van der Waals surface area (Å²) < 4.78 is 15.8. The first-order chi connectivity index (χ1) is 12.0. The summed E-state index contributed by atoms with van der Waals surface area (Å²) in [7, 11) is 2.89. The van der Waals surface area contributed by atoms with Crippen LogP contribution in [0.2, 0.25) is 5.02 Å². The highest BCUT2D eigenvalue weighted by molar-refractivity contribution is 6.31. The number of carbonyl (C=O) groups excluding carboxylic acids is 2. The van der Waals surface area contributed by atoms with E-state index >= 15 is 0 Å². The zero-order valence-electron chi connectivity index (χ0n) is 13.5. The Bertz CT molecular complexity index is 861. The number of ketones is 1. The minimum atomic E-state index is -0.770.